The second-order valence-corrected chi connectivity index (χ2v) is 5.88. The van der Waals surface area contributed by atoms with Crippen LogP contribution in [-0.4, -0.2) is 35.7 Å². The molecule has 3 aromatic carbocycles. The molecule has 0 radical (unpaired) electrons. The Morgan fingerprint density at radius 1 is 1.21 bits per heavy atom. The predicted octanol–water partition coefficient (Wildman–Crippen LogP) is 4.44. The smallest absolute Gasteiger partial charge is 0.335 e. The highest BCUT2D eigenvalue weighted by atomic mass is 35.5. The van der Waals surface area contributed by atoms with Crippen LogP contribution in [0.15, 0.2) is 72.6 Å². The molecule has 0 bridgehead atoms. The lowest BCUT2D eigenvalue weighted by Gasteiger charge is -2.13. The molecule has 29 heavy (non-hydrogen) atoms. The van der Waals surface area contributed by atoms with Crippen molar-refractivity contribution in [1.29, 1.82) is 0 Å². The van der Waals surface area contributed by atoms with Gasteiger partial charge in [0.15, 0.2) is 0 Å². The number of anilines is 1. The van der Waals surface area contributed by atoms with Crippen molar-refractivity contribution in [1.82, 2.24) is 5.32 Å². The monoisotopic (exact) mass is 423 g/mol. The Morgan fingerprint density at radius 3 is 2.72 bits per heavy atom. The maximum atomic E-state index is 11.7. The van der Waals surface area contributed by atoms with Gasteiger partial charge in [0.2, 0.25) is 0 Å². The van der Waals surface area contributed by atoms with Crippen molar-refractivity contribution in [3.05, 3.63) is 88.8 Å². The van der Waals surface area contributed by atoms with Gasteiger partial charge in [0.05, 0.1) is 26.7 Å². The molecule has 3 aromatic rings. The van der Waals surface area contributed by atoms with Crippen molar-refractivity contribution in [3.8, 4) is 11.1 Å². The average Bonchev–Trinajstić information content (AvgIpc) is 2.89. The van der Waals surface area contributed by atoms with Crippen molar-refractivity contribution in [3.63, 3.8) is 0 Å². The van der Waals surface area contributed by atoms with E-state index < -0.39 is 102 Å². The maximum Gasteiger partial charge on any atom is 0.335 e. The molecule has 0 saturated carbocycles. The van der Waals surface area contributed by atoms with Crippen LogP contribution in [0, 0.1) is 0 Å². The first kappa shape index (κ1) is 9.76. The summed E-state index contributed by atoms with van der Waals surface area (Å²) in [6.07, 6.45) is -2.96. The number of aromatic carboxylic acids is 1. The van der Waals surface area contributed by atoms with Crippen molar-refractivity contribution >= 4 is 23.3 Å². The first-order valence-corrected chi connectivity index (χ1v) is 8.50. The number of carboxylic acid groups (broad SMARTS) is 1. The van der Waals surface area contributed by atoms with E-state index >= 15 is 0 Å². The highest BCUT2D eigenvalue weighted by molar-refractivity contribution is 6.30. The zero-order chi connectivity index (χ0) is 32.1. The molecule has 0 heterocycles. The fourth-order valence-electron chi connectivity index (χ4n) is 2.12. The van der Waals surface area contributed by atoms with Crippen LogP contribution >= 0.6 is 11.6 Å². The van der Waals surface area contributed by atoms with Crippen LogP contribution in [0.2, 0.25) is 5.02 Å². The Labute approximate surface area is 193 Å². The van der Waals surface area contributed by atoms with E-state index in [-0.39, 0.29) is 10.6 Å². The quantitative estimate of drug-likeness (QED) is 0.409. The lowest BCUT2D eigenvalue weighted by Crippen LogP contribution is -2.26. The molecule has 0 fully saturated rings. The fraction of sp³-hybridized carbons (Fsp3) is 0.174. The van der Waals surface area contributed by atoms with Crippen molar-refractivity contribution in [2.24, 2.45) is 0 Å². The van der Waals surface area contributed by atoms with Crippen LogP contribution in [0.3, 0.4) is 0 Å². The van der Waals surface area contributed by atoms with E-state index in [0.29, 0.717) is 0 Å². The largest absolute Gasteiger partial charge is 0.478 e. The molecule has 0 unspecified atom stereocenters. The summed E-state index contributed by atoms with van der Waals surface area (Å²) < 4.78 is 107. The highest BCUT2D eigenvalue weighted by Gasteiger charge is 2.07. The standard InChI is InChI=1S/C23H23ClN2O3/c24-20-8-2-6-18(13-20)22(27)15-25-10-11-26-21-9-3-5-17(14-21)16-4-1-7-19(12-16)23(28)29/h1-9,12-14,22,25-27H,10-11,15H2,(H,28,29)/t22-/m1/s1/i1D,3D,4D,5D,7D,9D,11D2,12D,14D,15D2,22D. The van der Waals surface area contributed by atoms with Gasteiger partial charge >= 0.3 is 5.97 Å². The van der Waals surface area contributed by atoms with Crippen molar-refractivity contribution < 1.29 is 32.8 Å². The Kier molecular flexibility index (Phi) is 3.39. The van der Waals surface area contributed by atoms with Gasteiger partial charge in [-0.3, -0.25) is 0 Å². The third-order valence-electron chi connectivity index (χ3n) is 3.41. The van der Waals surface area contributed by atoms with Gasteiger partial charge in [-0.2, -0.15) is 0 Å². The number of nitrogens with one attached hydrogen (secondary N) is 2. The SMILES string of the molecule is [2H]c1c([2H])c(NC([2H])([2H])CNC([2H])([2H])[C@@]([2H])(O)c2cccc(Cl)c2)c([2H])c(-c2c([2H])c([2H])c([2H])c(C(=O)O)c2[2H])c1[2H]. The van der Waals surface area contributed by atoms with E-state index in [4.69, 9.17) is 29.4 Å². The number of carboxylic acids is 1. The normalized spacial score (nSPS) is 20.3. The summed E-state index contributed by atoms with van der Waals surface area (Å²) in [5, 5.41) is 24.4. The van der Waals surface area contributed by atoms with Gasteiger partial charge in [0, 0.05) is 33.0 Å². The number of rotatable bonds is 9. The summed E-state index contributed by atoms with van der Waals surface area (Å²) >= 11 is 5.87. The molecule has 3 rings (SSSR count). The summed E-state index contributed by atoms with van der Waals surface area (Å²) in [5.41, 5.74) is -3.47. The lowest BCUT2D eigenvalue weighted by molar-refractivity contribution is 0.0697. The van der Waals surface area contributed by atoms with Gasteiger partial charge in [-0.25, -0.2) is 4.79 Å². The molecule has 0 amide bonds. The van der Waals surface area contributed by atoms with E-state index in [1.807, 2.05) is 0 Å². The molecule has 0 spiro atoms. The van der Waals surface area contributed by atoms with Crippen molar-refractivity contribution in [2.45, 2.75) is 6.08 Å². The first-order valence-electron chi connectivity index (χ1n) is 14.6. The summed E-state index contributed by atoms with van der Waals surface area (Å²) in [6, 6.07) is -2.15. The third-order valence-corrected chi connectivity index (χ3v) is 3.64. The number of halogens is 1. The number of carbonyl (C=O) groups is 1. The zero-order valence-electron chi connectivity index (χ0n) is 27.7. The Bertz CT molecular complexity index is 1580. The number of benzene rings is 3. The Balaban J connectivity index is 2.07. The molecular weight excluding hydrogens is 388 g/mol. The zero-order valence-corrected chi connectivity index (χ0v) is 15.5. The van der Waals surface area contributed by atoms with E-state index in [1.54, 1.807) is 0 Å². The molecule has 6 heteroatoms. The summed E-state index contributed by atoms with van der Waals surface area (Å²) in [4.78, 5) is 11.7. The second kappa shape index (κ2) is 10.1. The van der Waals surface area contributed by atoms with Gasteiger partial charge in [0.1, 0.15) is 0 Å². The first-order chi connectivity index (χ1) is 19.2. The minimum atomic E-state index is -2.99. The average molecular weight is 424 g/mol. The Morgan fingerprint density at radius 2 is 1.97 bits per heavy atom. The second-order valence-electron chi connectivity index (χ2n) is 5.44. The predicted molar refractivity (Wildman–Crippen MR) is 117 cm³/mol. The van der Waals surface area contributed by atoms with E-state index in [0.717, 1.165) is 6.07 Å². The maximum absolute atomic E-state index is 11.7. The van der Waals surface area contributed by atoms with Gasteiger partial charge in [-0.1, -0.05) is 47.9 Å². The molecule has 0 aliphatic carbocycles. The number of hydrogen-bond acceptors (Lipinski definition) is 4. The minimum absolute atomic E-state index is 0.105. The van der Waals surface area contributed by atoms with Crippen molar-refractivity contribution in [2.75, 3.05) is 24.9 Å². The summed E-state index contributed by atoms with van der Waals surface area (Å²) in [5.74, 6) is -1.79. The van der Waals surface area contributed by atoms with E-state index in [9.17, 15) is 15.0 Å². The van der Waals surface area contributed by atoms with Crippen LogP contribution in [0.25, 0.3) is 11.1 Å². The number of hydrogen-bond donors (Lipinski definition) is 4. The van der Waals surface area contributed by atoms with Gasteiger partial charge < -0.3 is 20.8 Å². The topological polar surface area (TPSA) is 81.6 Å². The van der Waals surface area contributed by atoms with Gasteiger partial charge in [-0.15, -0.1) is 0 Å². The lowest BCUT2D eigenvalue weighted by atomic mass is 10.0. The molecule has 5 nitrogen and oxygen atoms in total. The number of aliphatic hydroxyl groups is 1. The molecule has 0 aliphatic rings. The fourth-order valence-corrected chi connectivity index (χ4v) is 2.31. The van der Waals surface area contributed by atoms with Gasteiger partial charge in [-0.05, 0) is 53.0 Å². The molecule has 0 aliphatic heterocycles. The van der Waals surface area contributed by atoms with E-state index in [2.05, 4.69) is 10.6 Å². The molecule has 4 N–H and O–H groups in total. The molecule has 0 aromatic heterocycles. The van der Waals surface area contributed by atoms with E-state index in [1.165, 1.54) is 18.2 Å². The van der Waals surface area contributed by atoms with Crippen LogP contribution in [0.1, 0.15) is 39.8 Å². The van der Waals surface area contributed by atoms with Crippen LogP contribution < -0.4 is 10.6 Å². The van der Waals surface area contributed by atoms with Crippen LogP contribution in [0.5, 0.6) is 0 Å². The molecule has 0 saturated heterocycles. The van der Waals surface area contributed by atoms with Crippen LogP contribution in [0.4, 0.5) is 5.69 Å². The summed E-state index contributed by atoms with van der Waals surface area (Å²) in [6.45, 7) is -6.75. The van der Waals surface area contributed by atoms with Crippen LogP contribution in [-0.2, 0) is 0 Å². The minimum Gasteiger partial charge on any atom is -0.478 e. The summed E-state index contributed by atoms with van der Waals surface area (Å²) in [7, 11) is 0. The molecule has 150 valence electrons. The Hall–Kier alpha value is -2.86. The highest BCUT2D eigenvalue weighted by Crippen LogP contribution is 2.23. The molecule has 1 atom stereocenters. The molecular formula is C23H23ClN2O3. The third kappa shape index (κ3) is 6.06. The van der Waals surface area contributed by atoms with Gasteiger partial charge in [0.25, 0.3) is 0 Å².